The van der Waals surface area contributed by atoms with E-state index in [1.165, 1.54) is 45.1 Å². The number of hydrogen-bond donors (Lipinski definition) is 0. The standard InChI is InChI=1S/C17H22N2O/c1-3-9-15-13(6-1)7-5-11-19(15)12-17-18-14-8-2-4-10-16(14)20-17/h2,4,8,10,13,15H,1,3,5-7,9,11-12H2. The van der Waals surface area contributed by atoms with Gasteiger partial charge in [0.25, 0.3) is 0 Å². The highest BCUT2D eigenvalue weighted by molar-refractivity contribution is 5.72. The Morgan fingerprint density at radius 2 is 1.95 bits per heavy atom. The maximum atomic E-state index is 5.90. The van der Waals surface area contributed by atoms with Crippen LogP contribution in [0.5, 0.6) is 0 Å². The van der Waals surface area contributed by atoms with E-state index >= 15 is 0 Å². The lowest BCUT2D eigenvalue weighted by molar-refractivity contribution is 0.0486. The summed E-state index contributed by atoms with van der Waals surface area (Å²) in [7, 11) is 0. The van der Waals surface area contributed by atoms with E-state index in [0.717, 1.165) is 35.5 Å². The van der Waals surface area contributed by atoms with E-state index in [1.54, 1.807) is 0 Å². The van der Waals surface area contributed by atoms with Gasteiger partial charge in [-0.15, -0.1) is 0 Å². The third-order valence-electron chi connectivity index (χ3n) is 5.03. The number of fused-ring (bicyclic) bond motifs is 2. The van der Waals surface area contributed by atoms with E-state index in [1.807, 2.05) is 24.3 Å². The molecule has 1 saturated heterocycles. The Hall–Kier alpha value is -1.35. The van der Waals surface area contributed by atoms with Crippen molar-refractivity contribution in [1.82, 2.24) is 9.88 Å². The monoisotopic (exact) mass is 270 g/mol. The van der Waals surface area contributed by atoms with Gasteiger partial charge in [0.05, 0.1) is 6.54 Å². The summed E-state index contributed by atoms with van der Waals surface area (Å²) in [6, 6.07) is 8.84. The minimum atomic E-state index is 0.771. The first-order valence-electron chi connectivity index (χ1n) is 7.99. The van der Waals surface area contributed by atoms with E-state index in [-0.39, 0.29) is 0 Å². The van der Waals surface area contributed by atoms with Crippen LogP contribution in [-0.4, -0.2) is 22.5 Å². The van der Waals surface area contributed by atoms with Gasteiger partial charge in [0.15, 0.2) is 5.58 Å². The summed E-state index contributed by atoms with van der Waals surface area (Å²) in [6.45, 7) is 2.09. The lowest BCUT2D eigenvalue weighted by Gasteiger charge is -2.43. The zero-order valence-corrected chi connectivity index (χ0v) is 11.9. The molecule has 1 aromatic carbocycles. The first kappa shape index (κ1) is 12.4. The van der Waals surface area contributed by atoms with Crippen molar-refractivity contribution in [3.63, 3.8) is 0 Å². The number of nitrogens with zero attached hydrogens (tertiary/aromatic N) is 2. The predicted octanol–water partition coefficient (Wildman–Crippen LogP) is 3.98. The molecule has 0 N–H and O–H groups in total. The molecule has 20 heavy (non-hydrogen) atoms. The van der Waals surface area contributed by atoms with Crippen LogP contribution in [0.1, 0.15) is 44.4 Å². The average molecular weight is 270 g/mol. The van der Waals surface area contributed by atoms with Crippen LogP contribution >= 0.6 is 0 Å². The third-order valence-corrected chi connectivity index (χ3v) is 5.03. The molecule has 1 aromatic heterocycles. The van der Waals surface area contributed by atoms with Crippen LogP contribution in [0.4, 0.5) is 0 Å². The molecule has 0 amide bonds. The number of benzene rings is 1. The van der Waals surface area contributed by atoms with Gasteiger partial charge in [0, 0.05) is 6.04 Å². The van der Waals surface area contributed by atoms with Crippen molar-refractivity contribution in [1.29, 1.82) is 0 Å². The lowest BCUT2D eigenvalue weighted by atomic mass is 9.78. The molecule has 2 heterocycles. The van der Waals surface area contributed by atoms with Gasteiger partial charge >= 0.3 is 0 Å². The molecule has 3 nitrogen and oxygen atoms in total. The van der Waals surface area contributed by atoms with Crippen molar-refractivity contribution in [2.45, 2.75) is 51.1 Å². The minimum Gasteiger partial charge on any atom is -0.439 e. The second-order valence-electron chi connectivity index (χ2n) is 6.30. The Balaban J connectivity index is 1.54. The van der Waals surface area contributed by atoms with E-state index in [9.17, 15) is 0 Å². The highest BCUT2D eigenvalue weighted by Gasteiger charge is 2.33. The van der Waals surface area contributed by atoms with Gasteiger partial charge in [-0.1, -0.05) is 25.0 Å². The SMILES string of the molecule is c1ccc2oc(CN3CCCC4CCCCC43)nc2c1. The molecule has 1 saturated carbocycles. The molecule has 106 valence electrons. The lowest BCUT2D eigenvalue weighted by Crippen LogP contribution is -2.46. The summed E-state index contributed by atoms with van der Waals surface area (Å²) in [5.41, 5.74) is 1.90. The second kappa shape index (κ2) is 5.21. The first-order chi connectivity index (χ1) is 9.90. The zero-order chi connectivity index (χ0) is 13.4. The molecule has 0 radical (unpaired) electrons. The molecule has 0 bridgehead atoms. The van der Waals surface area contributed by atoms with E-state index in [0.29, 0.717) is 0 Å². The second-order valence-corrected chi connectivity index (χ2v) is 6.30. The van der Waals surface area contributed by atoms with Gasteiger partial charge < -0.3 is 4.42 Å². The fourth-order valence-corrected chi connectivity index (χ4v) is 4.09. The highest BCUT2D eigenvalue weighted by Crippen LogP contribution is 2.36. The van der Waals surface area contributed by atoms with Crippen molar-refractivity contribution in [2.75, 3.05) is 6.54 Å². The van der Waals surface area contributed by atoms with Gasteiger partial charge in [-0.3, -0.25) is 4.90 Å². The largest absolute Gasteiger partial charge is 0.439 e. The number of hydrogen-bond acceptors (Lipinski definition) is 3. The van der Waals surface area contributed by atoms with Gasteiger partial charge in [-0.2, -0.15) is 0 Å². The molecule has 2 aliphatic rings. The van der Waals surface area contributed by atoms with Crippen LogP contribution < -0.4 is 0 Å². The molecule has 4 rings (SSSR count). The fraction of sp³-hybridized carbons (Fsp3) is 0.588. The maximum Gasteiger partial charge on any atom is 0.209 e. The van der Waals surface area contributed by atoms with Crippen molar-refractivity contribution in [3.05, 3.63) is 30.2 Å². The summed E-state index contributed by atoms with van der Waals surface area (Å²) in [5.74, 6) is 1.80. The van der Waals surface area contributed by atoms with E-state index in [4.69, 9.17) is 4.42 Å². The zero-order valence-electron chi connectivity index (χ0n) is 11.9. The Bertz CT molecular complexity index is 556. The van der Waals surface area contributed by atoms with Crippen LogP contribution in [0.3, 0.4) is 0 Å². The van der Waals surface area contributed by atoms with Crippen molar-refractivity contribution >= 4 is 11.1 Å². The molecular formula is C17H22N2O. The average Bonchev–Trinajstić information content (AvgIpc) is 2.90. The van der Waals surface area contributed by atoms with Crippen molar-refractivity contribution in [2.24, 2.45) is 5.92 Å². The van der Waals surface area contributed by atoms with Gasteiger partial charge in [0.2, 0.25) is 5.89 Å². The Morgan fingerprint density at radius 1 is 1.10 bits per heavy atom. The molecular weight excluding hydrogens is 248 g/mol. The molecule has 1 aliphatic carbocycles. The van der Waals surface area contributed by atoms with Crippen LogP contribution in [0, 0.1) is 5.92 Å². The summed E-state index contributed by atoms with van der Waals surface area (Å²) in [4.78, 5) is 7.26. The predicted molar refractivity (Wildman–Crippen MR) is 79.4 cm³/mol. The Kier molecular flexibility index (Phi) is 3.23. The number of para-hydroxylation sites is 2. The molecule has 2 atom stereocenters. The van der Waals surface area contributed by atoms with Crippen molar-refractivity contribution < 1.29 is 4.42 Å². The van der Waals surface area contributed by atoms with Gasteiger partial charge in [0.1, 0.15) is 5.52 Å². The van der Waals surface area contributed by atoms with Crippen LogP contribution in [0.15, 0.2) is 28.7 Å². The summed E-state index contributed by atoms with van der Waals surface area (Å²) < 4.78 is 5.90. The number of rotatable bonds is 2. The van der Waals surface area contributed by atoms with Crippen molar-refractivity contribution in [3.8, 4) is 0 Å². The third kappa shape index (κ3) is 2.24. The molecule has 2 aromatic rings. The maximum absolute atomic E-state index is 5.90. The normalized spacial score (nSPS) is 27.6. The smallest absolute Gasteiger partial charge is 0.209 e. The minimum absolute atomic E-state index is 0.771. The molecule has 2 fully saturated rings. The number of likely N-dealkylation sites (tertiary alicyclic amines) is 1. The first-order valence-corrected chi connectivity index (χ1v) is 7.99. The van der Waals surface area contributed by atoms with E-state index < -0.39 is 0 Å². The Labute approximate surface area is 120 Å². The number of oxazole rings is 1. The highest BCUT2D eigenvalue weighted by atomic mass is 16.3. The van der Waals surface area contributed by atoms with Gasteiger partial charge in [-0.05, 0) is 50.3 Å². The molecule has 3 heteroatoms. The fourth-order valence-electron chi connectivity index (χ4n) is 4.09. The van der Waals surface area contributed by atoms with Crippen LogP contribution in [0.2, 0.25) is 0 Å². The van der Waals surface area contributed by atoms with Gasteiger partial charge in [-0.25, -0.2) is 4.98 Å². The molecule has 2 unspecified atom stereocenters. The molecule has 1 aliphatic heterocycles. The summed E-state index contributed by atoms with van der Waals surface area (Å²) in [6.07, 6.45) is 8.37. The summed E-state index contributed by atoms with van der Waals surface area (Å²) >= 11 is 0. The van der Waals surface area contributed by atoms with Crippen LogP contribution in [0.25, 0.3) is 11.1 Å². The van der Waals surface area contributed by atoms with E-state index in [2.05, 4.69) is 9.88 Å². The quantitative estimate of drug-likeness (QED) is 0.826. The Morgan fingerprint density at radius 3 is 2.90 bits per heavy atom. The summed E-state index contributed by atoms with van der Waals surface area (Å²) in [5, 5.41) is 0. The van der Waals surface area contributed by atoms with Crippen LogP contribution in [-0.2, 0) is 6.54 Å². The topological polar surface area (TPSA) is 29.3 Å². The number of aromatic nitrogens is 1. The number of piperidine rings is 1. The molecule has 0 spiro atoms.